The van der Waals surface area contributed by atoms with E-state index in [0.29, 0.717) is 6.54 Å². The molecule has 2 rings (SSSR count). The molecular weight excluding hydrogens is 356 g/mol. The maximum Gasteiger partial charge on any atom is 0.191 e. The Balaban J connectivity index is 1.81. The van der Waals surface area contributed by atoms with Crippen molar-refractivity contribution in [1.82, 2.24) is 10.6 Å². The van der Waals surface area contributed by atoms with Crippen molar-refractivity contribution in [2.24, 2.45) is 4.99 Å². The van der Waals surface area contributed by atoms with Crippen LogP contribution in [0.4, 0.5) is 5.69 Å². The van der Waals surface area contributed by atoms with E-state index in [9.17, 15) is 5.11 Å². The Morgan fingerprint density at radius 3 is 2.52 bits per heavy atom. The number of aryl methyl sites for hydroxylation is 1. The highest BCUT2D eigenvalue weighted by Crippen LogP contribution is 2.25. The van der Waals surface area contributed by atoms with Gasteiger partial charge in [0.15, 0.2) is 5.96 Å². The van der Waals surface area contributed by atoms with Gasteiger partial charge in [0.1, 0.15) is 5.60 Å². The highest BCUT2D eigenvalue weighted by atomic mass is 32.1. The van der Waals surface area contributed by atoms with Crippen LogP contribution >= 0.6 is 11.3 Å². The van der Waals surface area contributed by atoms with Crippen LogP contribution in [0.15, 0.2) is 46.8 Å². The maximum atomic E-state index is 10.6. The highest BCUT2D eigenvalue weighted by molar-refractivity contribution is 7.10. The molecule has 0 bridgehead atoms. The van der Waals surface area contributed by atoms with E-state index in [0.717, 1.165) is 36.8 Å². The minimum absolute atomic E-state index is 0.328. The summed E-state index contributed by atoms with van der Waals surface area (Å²) >= 11 is 1.55. The Hall–Kier alpha value is -2.05. The minimum Gasteiger partial charge on any atom is -0.383 e. The Morgan fingerprint density at radius 2 is 1.93 bits per heavy atom. The molecule has 0 radical (unpaired) electrons. The van der Waals surface area contributed by atoms with Crippen molar-refractivity contribution in [1.29, 1.82) is 0 Å². The fraction of sp³-hybridized carbons (Fsp3) is 0.476. The molecule has 2 aromatic rings. The third-order valence-corrected chi connectivity index (χ3v) is 5.45. The zero-order valence-corrected chi connectivity index (χ0v) is 17.6. The van der Waals surface area contributed by atoms with E-state index < -0.39 is 5.60 Å². The second-order valence-corrected chi connectivity index (χ2v) is 7.99. The van der Waals surface area contributed by atoms with Gasteiger partial charge >= 0.3 is 0 Å². The lowest BCUT2D eigenvalue weighted by atomic mass is 10.1. The molecule has 1 unspecified atom stereocenters. The number of hydrogen-bond donors (Lipinski definition) is 3. The van der Waals surface area contributed by atoms with Gasteiger partial charge in [0.05, 0.1) is 6.54 Å². The van der Waals surface area contributed by atoms with Crippen LogP contribution < -0.4 is 15.5 Å². The molecule has 6 heteroatoms. The Kier molecular flexibility index (Phi) is 8.13. The summed E-state index contributed by atoms with van der Waals surface area (Å²) in [4.78, 5) is 7.60. The predicted molar refractivity (Wildman–Crippen MR) is 117 cm³/mol. The van der Waals surface area contributed by atoms with Crippen LogP contribution in [0.3, 0.4) is 0 Å². The van der Waals surface area contributed by atoms with E-state index in [1.807, 2.05) is 31.4 Å². The molecule has 0 saturated heterocycles. The van der Waals surface area contributed by atoms with Crippen molar-refractivity contribution in [3.63, 3.8) is 0 Å². The van der Waals surface area contributed by atoms with Crippen LogP contribution in [-0.4, -0.2) is 44.8 Å². The number of guanidine groups is 1. The van der Waals surface area contributed by atoms with Gasteiger partial charge in [-0.2, -0.15) is 0 Å². The summed E-state index contributed by atoms with van der Waals surface area (Å²) in [5.74, 6) is 0.747. The van der Waals surface area contributed by atoms with Crippen LogP contribution in [-0.2, 0) is 12.0 Å². The van der Waals surface area contributed by atoms with Gasteiger partial charge in [-0.25, -0.2) is 4.99 Å². The second kappa shape index (κ2) is 10.3. The van der Waals surface area contributed by atoms with Gasteiger partial charge in [0, 0.05) is 37.7 Å². The van der Waals surface area contributed by atoms with Gasteiger partial charge in [-0.05, 0) is 55.8 Å². The van der Waals surface area contributed by atoms with Gasteiger partial charge in [-0.1, -0.05) is 18.2 Å². The van der Waals surface area contributed by atoms with Gasteiger partial charge in [0.2, 0.25) is 0 Å². The maximum absolute atomic E-state index is 10.6. The number of anilines is 1. The van der Waals surface area contributed by atoms with E-state index in [4.69, 9.17) is 0 Å². The smallest absolute Gasteiger partial charge is 0.191 e. The zero-order valence-electron chi connectivity index (χ0n) is 16.8. The largest absolute Gasteiger partial charge is 0.383 e. The average Bonchev–Trinajstić information content (AvgIpc) is 3.19. The van der Waals surface area contributed by atoms with Crippen molar-refractivity contribution in [3.8, 4) is 0 Å². The summed E-state index contributed by atoms with van der Waals surface area (Å²) in [5.41, 5.74) is 1.62. The molecule has 0 aliphatic rings. The fourth-order valence-corrected chi connectivity index (χ4v) is 3.48. The molecule has 148 valence electrons. The SMILES string of the molecule is CCNC(=NCC(C)(O)c1cccs1)NCCCc1ccc(N(C)C)cc1. The first-order valence-corrected chi connectivity index (χ1v) is 10.3. The van der Waals surface area contributed by atoms with Crippen LogP contribution in [0.1, 0.15) is 30.7 Å². The number of thiophene rings is 1. The molecule has 5 nitrogen and oxygen atoms in total. The number of aliphatic imine (C=N–C) groups is 1. The van der Waals surface area contributed by atoms with Crippen molar-refractivity contribution >= 4 is 23.0 Å². The first kappa shape index (κ1) is 21.3. The number of aliphatic hydroxyl groups is 1. The highest BCUT2D eigenvalue weighted by Gasteiger charge is 2.23. The monoisotopic (exact) mass is 388 g/mol. The molecule has 0 aliphatic carbocycles. The first-order chi connectivity index (χ1) is 12.9. The molecule has 1 atom stereocenters. The predicted octanol–water partition coefficient (Wildman–Crippen LogP) is 3.21. The number of hydrogen-bond acceptors (Lipinski definition) is 4. The molecule has 0 saturated carbocycles. The van der Waals surface area contributed by atoms with Crippen molar-refractivity contribution < 1.29 is 5.11 Å². The number of nitrogens with zero attached hydrogens (tertiary/aromatic N) is 2. The molecule has 0 aliphatic heterocycles. The van der Waals surface area contributed by atoms with E-state index in [2.05, 4.69) is 58.9 Å². The first-order valence-electron chi connectivity index (χ1n) is 9.47. The van der Waals surface area contributed by atoms with Crippen molar-refractivity contribution in [2.75, 3.05) is 38.6 Å². The molecule has 0 fully saturated rings. The Bertz CT molecular complexity index is 693. The fourth-order valence-electron chi connectivity index (χ4n) is 2.70. The molecule has 1 aromatic carbocycles. The molecular formula is C21H32N4OS. The van der Waals surface area contributed by atoms with Crippen molar-refractivity contribution in [3.05, 3.63) is 52.2 Å². The second-order valence-electron chi connectivity index (χ2n) is 7.04. The molecule has 1 aromatic heterocycles. The molecule has 0 spiro atoms. The standard InChI is InChI=1S/C21H32N4OS/c1-5-22-20(24-16-21(2,26)19-9-7-15-27-19)23-14-6-8-17-10-12-18(13-11-17)25(3)4/h7,9-13,15,26H,5-6,8,14,16H2,1-4H3,(H2,22,23,24). The van der Waals surface area contributed by atoms with E-state index >= 15 is 0 Å². The summed E-state index contributed by atoms with van der Waals surface area (Å²) in [6, 6.07) is 12.6. The summed E-state index contributed by atoms with van der Waals surface area (Å²) < 4.78 is 0. The lowest BCUT2D eigenvalue weighted by molar-refractivity contribution is 0.0711. The summed E-state index contributed by atoms with van der Waals surface area (Å²) in [5, 5.41) is 19.2. The topological polar surface area (TPSA) is 59.9 Å². The Morgan fingerprint density at radius 1 is 1.19 bits per heavy atom. The molecule has 3 N–H and O–H groups in total. The quantitative estimate of drug-likeness (QED) is 0.351. The van der Waals surface area contributed by atoms with Gasteiger partial charge in [0.25, 0.3) is 0 Å². The van der Waals surface area contributed by atoms with E-state index in [1.54, 1.807) is 11.3 Å². The molecule has 27 heavy (non-hydrogen) atoms. The lowest BCUT2D eigenvalue weighted by Gasteiger charge is -2.20. The van der Waals surface area contributed by atoms with Crippen LogP contribution in [0, 0.1) is 0 Å². The average molecular weight is 389 g/mol. The van der Waals surface area contributed by atoms with Crippen LogP contribution in [0.2, 0.25) is 0 Å². The number of nitrogens with one attached hydrogen (secondary N) is 2. The third kappa shape index (κ3) is 6.88. The minimum atomic E-state index is -0.940. The molecule has 1 heterocycles. The summed E-state index contributed by atoms with van der Waals surface area (Å²) in [7, 11) is 4.10. The van der Waals surface area contributed by atoms with Crippen molar-refractivity contribution in [2.45, 2.75) is 32.3 Å². The van der Waals surface area contributed by atoms with Crippen LogP contribution in [0.5, 0.6) is 0 Å². The Labute approximate surface area is 167 Å². The summed E-state index contributed by atoms with van der Waals surface area (Å²) in [6.45, 7) is 5.81. The third-order valence-electron chi connectivity index (χ3n) is 4.33. The van der Waals surface area contributed by atoms with Gasteiger partial charge in [-0.3, -0.25) is 0 Å². The summed E-state index contributed by atoms with van der Waals surface area (Å²) in [6.07, 6.45) is 2.04. The van der Waals surface area contributed by atoms with Gasteiger partial charge in [-0.15, -0.1) is 11.3 Å². The molecule has 0 amide bonds. The number of benzene rings is 1. The van der Waals surface area contributed by atoms with Gasteiger partial charge < -0.3 is 20.6 Å². The van der Waals surface area contributed by atoms with E-state index in [-0.39, 0.29) is 0 Å². The lowest BCUT2D eigenvalue weighted by Crippen LogP contribution is -2.39. The zero-order chi connectivity index (χ0) is 19.7. The normalized spacial score (nSPS) is 13.9. The van der Waals surface area contributed by atoms with E-state index in [1.165, 1.54) is 11.3 Å². The van der Waals surface area contributed by atoms with Crippen LogP contribution in [0.25, 0.3) is 0 Å². The number of rotatable bonds is 9.